The van der Waals surface area contributed by atoms with Crippen molar-refractivity contribution < 1.29 is 9.59 Å². The van der Waals surface area contributed by atoms with E-state index < -0.39 is 5.66 Å². The number of carbonyl (C=O) groups excluding carboxylic acids is 2. The summed E-state index contributed by atoms with van der Waals surface area (Å²) in [5, 5.41) is 6.71. The molecule has 6 nitrogen and oxygen atoms in total. The number of aromatic nitrogens is 1. The number of para-hydroxylation sites is 1. The van der Waals surface area contributed by atoms with Crippen LogP contribution < -0.4 is 10.6 Å². The minimum absolute atomic E-state index is 0.0268. The zero-order valence-corrected chi connectivity index (χ0v) is 14.3. The standard InChI is InChI=1S/C20H20N4O2/c25-18(11-13-5-3-4-10-21-13)24-14-8-9-17(24)20(12-14)22-16-7-2-1-6-15(16)19(26)23-20/h1-7,10,14,17,22H,8-9,11-12H2,(H,23,26)/t14-,17-,20-/m0/s1. The summed E-state index contributed by atoms with van der Waals surface area (Å²) in [5.41, 5.74) is 1.73. The predicted molar refractivity (Wildman–Crippen MR) is 96.5 cm³/mol. The number of amides is 2. The molecule has 0 saturated carbocycles. The van der Waals surface area contributed by atoms with Gasteiger partial charge in [-0.15, -0.1) is 0 Å². The monoisotopic (exact) mass is 348 g/mol. The van der Waals surface area contributed by atoms with E-state index in [-0.39, 0.29) is 23.9 Å². The normalized spacial score (nSPS) is 28.6. The largest absolute Gasteiger partial charge is 0.360 e. The Morgan fingerprint density at radius 2 is 2.00 bits per heavy atom. The topological polar surface area (TPSA) is 74.3 Å². The lowest BCUT2D eigenvalue weighted by Gasteiger charge is -2.43. The molecule has 2 N–H and O–H groups in total. The van der Waals surface area contributed by atoms with Crippen LogP contribution in [0.5, 0.6) is 0 Å². The van der Waals surface area contributed by atoms with Gasteiger partial charge in [0.25, 0.3) is 5.91 Å². The highest BCUT2D eigenvalue weighted by Gasteiger charge is 2.59. The number of nitrogens with one attached hydrogen (secondary N) is 2. The van der Waals surface area contributed by atoms with Gasteiger partial charge in [-0.05, 0) is 37.1 Å². The Labute approximate surface area is 151 Å². The van der Waals surface area contributed by atoms with Crippen LogP contribution in [-0.4, -0.2) is 39.4 Å². The number of benzene rings is 1. The lowest BCUT2D eigenvalue weighted by molar-refractivity contribution is -0.132. The van der Waals surface area contributed by atoms with Gasteiger partial charge in [0.1, 0.15) is 5.66 Å². The average Bonchev–Trinajstić information content (AvgIpc) is 3.18. The molecular weight excluding hydrogens is 328 g/mol. The Balaban J connectivity index is 1.43. The molecule has 6 heteroatoms. The quantitative estimate of drug-likeness (QED) is 0.870. The smallest absolute Gasteiger partial charge is 0.255 e. The third-order valence-corrected chi connectivity index (χ3v) is 5.84. The Morgan fingerprint density at radius 3 is 2.85 bits per heavy atom. The highest BCUT2D eigenvalue weighted by atomic mass is 16.2. The first-order valence-corrected chi connectivity index (χ1v) is 9.07. The van der Waals surface area contributed by atoms with Crippen molar-refractivity contribution >= 4 is 17.5 Å². The van der Waals surface area contributed by atoms with E-state index in [1.54, 1.807) is 6.20 Å². The molecule has 3 atom stereocenters. The van der Waals surface area contributed by atoms with Gasteiger partial charge in [-0.25, -0.2) is 0 Å². The van der Waals surface area contributed by atoms with Crippen LogP contribution in [0.1, 0.15) is 35.3 Å². The molecule has 2 saturated heterocycles. The van der Waals surface area contributed by atoms with Gasteiger partial charge >= 0.3 is 0 Å². The van der Waals surface area contributed by atoms with E-state index in [4.69, 9.17) is 0 Å². The second-order valence-corrected chi connectivity index (χ2v) is 7.35. The van der Waals surface area contributed by atoms with Crippen LogP contribution >= 0.6 is 0 Å². The molecule has 2 amide bonds. The van der Waals surface area contributed by atoms with Gasteiger partial charge in [-0.1, -0.05) is 18.2 Å². The van der Waals surface area contributed by atoms with Gasteiger partial charge in [-0.2, -0.15) is 0 Å². The van der Waals surface area contributed by atoms with E-state index in [1.807, 2.05) is 47.4 Å². The van der Waals surface area contributed by atoms with Gasteiger partial charge in [-0.3, -0.25) is 14.6 Å². The third-order valence-electron chi connectivity index (χ3n) is 5.84. The van der Waals surface area contributed by atoms with Gasteiger partial charge in [0.15, 0.2) is 0 Å². The van der Waals surface area contributed by atoms with Crippen LogP contribution in [0.2, 0.25) is 0 Å². The van der Waals surface area contributed by atoms with Crippen molar-refractivity contribution in [2.45, 2.75) is 43.4 Å². The lowest BCUT2D eigenvalue weighted by atomic mass is 9.86. The van der Waals surface area contributed by atoms with Gasteiger partial charge in [0.2, 0.25) is 5.91 Å². The fourth-order valence-electron chi connectivity index (χ4n) is 4.80. The van der Waals surface area contributed by atoms with E-state index in [0.717, 1.165) is 30.6 Å². The van der Waals surface area contributed by atoms with Crippen LogP contribution in [0, 0.1) is 0 Å². The molecule has 2 bridgehead atoms. The summed E-state index contributed by atoms with van der Waals surface area (Å²) in [5.74, 6) is 0.0204. The van der Waals surface area contributed by atoms with Crippen molar-refractivity contribution in [3.8, 4) is 0 Å². The average molecular weight is 348 g/mol. The van der Waals surface area contributed by atoms with Gasteiger partial charge < -0.3 is 15.5 Å². The number of hydrogen-bond acceptors (Lipinski definition) is 4. The maximum Gasteiger partial charge on any atom is 0.255 e. The second kappa shape index (κ2) is 5.56. The first-order chi connectivity index (χ1) is 12.7. The number of hydrogen-bond donors (Lipinski definition) is 2. The zero-order chi connectivity index (χ0) is 17.7. The van der Waals surface area contributed by atoms with Crippen LogP contribution in [0.3, 0.4) is 0 Å². The number of nitrogens with zero attached hydrogens (tertiary/aromatic N) is 2. The molecule has 5 rings (SSSR count). The zero-order valence-electron chi connectivity index (χ0n) is 14.3. The Hall–Kier alpha value is -2.89. The van der Waals surface area contributed by atoms with Crippen LogP contribution in [-0.2, 0) is 11.2 Å². The van der Waals surface area contributed by atoms with E-state index in [2.05, 4.69) is 15.6 Å². The molecule has 1 aromatic heterocycles. The molecule has 2 fully saturated rings. The Morgan fingerprint density at radius 1 is 1.15 bits per heavy atom. The molecular formula is C20H20N4O2. The van der Waals surface area contributed by atoms with E-state index >= 15 is 0 Å². The molecule has 0 radical (unpaired) electrons. The molecule has 2 aromatic rings. The second-order valence-electron chi connectivity index (χ2n) is 7.35. The summed E-state index contributed by atoms with van der Waals surface area (Å²) in [6.45, 7) is 0. The molecule has 3 aliphatic heterocycles. The number of fused-ring (bicyclic) bond motifs is 4. The highest BCUT2D eigenvalue weighted by molar-refractivity contribution is 6.02. The van der Waals surface area contributed by atoms with E-state index in [1.165, 1.54) is 0 Å². The van der Waals surface area contributed by atoms with Crippen molar-refractivity contribution in [2.24, 2.45) is 0 Å². The Bertz CT molecular complexity index is 884. The van der Waals surface area contributed by atoms with E-state index in [0.29, 0.717) is 12.0 Å². The van der Waals surface area contributed by atoms with Gasteiger partial charge in [0.05, 0.1) is 18.0 Å². The first kappa shape index (κ1) is 15.4. The maximum absolute atomic E-state index is 13.0. The molecule has 4 heterocycles. The first-order valence-electron chi connectivity index (χ1n) is 9.07. The SMILES string of the molecule is O=C1N[C@]2(C[C@@H]3CC[C@@H]2N3C(=O)Cc2ccccn2)Nc2ccccc21. The highest BCUT2D eigenvalue weighted by Crippen LogP contribution is 2.46. The summed E-state index contributed by atoms with van der Waals surface area (Å²) in [4.78, 5) is 31.9. The van der Waals surface area contributed by atoms with Crippen molar-refractivity contribution in [3.63, 3.8) is 0 Å². The van der Waals surface area contributed by atoms with Crippen LogP contribution in [0.4, 0.5) is 5.69 Å². The predicted octanol–water partition coefficient (Wildman–Crippen LogP) is 1.94. The molecule has 3 aliphatic rings. The maximum atomic E-state index is 13.0. The molecule has 1 aromatic carbocycles. The molecule has 1 spiro atoms. The molecule has 132 valence electrons. The summed E-state index contributed by atoms with van der Waals surface area (Å²) in [7, 11) is 0. The fourth-order valence-corrected chi connectivity index (χ4v) is 4.80. The van der Waals surface area contributed by atoms with E-state index in [9.17, 15) is 9.59 Å². The Kier molecular flexibility index (Phi) is 3.29. The van der Waals surface area contributed by atoms with Crippen molar-refractivity contribution in [2.75, 3.05) is 5.32 Å². The minimum atomic E-state index is -0.561. The van der Waals surface area contributed by atoms with Crippen LogP contribution in [0.15, 0.2) is 48.7 Å². The number of rotatable bonds is 2. The fraction of sp³-hybridized carbons (Fsp3) is 0.350. The summed E-state index contributed by atoms with van der Waals surface area (Å²) in [6, 6.07) is 13.3. The number of anilines is 1. The summed E-state index contributed by atoms with van der Waals surface area (Å²) in [6.07, 6.45) is 4.64. The lowest BCUT2D eigenvalue weighted by Crippen LogP contribution is -2.64. The van der Waals surface area contributed by atoms with Gasteiger partial charge in [0, 0.05) is 30.0 Å². The summed E-state index contributed by atoms with van der Waals surface area (Å²) < 4.78 is 0. The summed E-state index contributed by atoms with van der Waals surface area (Å²) >= 11 is 0. The van der Waals surface area contributed by atoms with Crippen molar-refractivity contribution in [3.05, 3.63) is 59.9 Å². The van der Waals surface area contributed by atoms with Crippen molar-refractivity contribution in [1.82, 2.24) is 15.2 Å². The molecule has 0 aliphatic carbocycles. The van der Waals surface area contributed by atoms with Crippen LogP contribution in [0.25, 0.3) is 0 Å². The van der Waals surface area contributed by atoms with Crippen molar-refractivity contribution in [1.29, 1.82) is 0 Å². The molecule has 0 unspecified atom stereocenters. The number of carbonyl (C=O) groups is 2. The molecule has 26 heavy (non-hydrogen) atoms. The minimum Gasteiger partial charge on any atom is -0.360 e. The number of pyridine rings is 1. The third kappa shape index (κ3) is 2.21.